The maximum Gasteiger partial charge on any atom is 0.332 e. The van der Waals surface area contributed by atoms with Gasteiger partial charge in [-0.3, -0.25) is 13.9 Å². The Labute approximate surface area is 96.3 Å². The highest BCUT2D eigenvalue weighted by atomic mass is 16.3. The quantitative estimate of drug-likeness (QED) is 0.693. The van der Waals surface area contributed by atoms with Gasteiger partial charge < -0.3 is 10.1 Å². The summed E-state index contributed by atoms with van der Waals surface area (Å²) in [6.07, 6.45) is -0.247. The molecule has 92 valence electrons. The number of aromatic amines is 1. The minimum atomic E-state index is -0.559. The summed E-state index contributed by atoms with van der Waals surface area (Å²) in [4.78, 5) is 30.5. The van der Waals surface area contributed by atoms with Crippen LogP contribution in [-0.2, 0) is 20.5 Å². The van der Waals surface area contributed by atoms with Gasteiger partial charge in [0.2, 0.25) is 0 Å². The molecule has 2 aromatic rings. The van der Waals surface area contributed by atoms with Gasteiger partial charge in [-0.15, -0.1) is 0 Å². The molecule has 2 N–H and O–H groups in total. The van der Waals surface area contributed by atoms with Crippen LogP contribution in [-0.4, -0.2) is 30.3 Å². The van der Waals surface area contributed by atoms with Crippen molar-refractivity contribution in [2.75, 3.05) is 0 Å². The highest BCUT2D eigenvalue weighted by molar-refractivity contribution is 5.69. The molecule has 2 rings (SSSR count). The minimum Gasteiger partial charge on any atom is -0.393 e. The molecule has 0 aromatic carbocycles. The number of aromatic nitrogens is 4. The molecule has 0 aliphatic heterocycles. The number of nitrogens with zero attached hydrogens (tertiary/aromatic N) is 3. The maximum absolute atomic E-state index is 11.8. The van der Waals surface area contributed by atoms with Gasteiger partial charge in [0.1, 0.15) is 11.3 Å². The van der Waals surface area contributed by atoms with E-state index in [2.05, 4.69) is 9.97 Å². The molecule has 0 saturated carbocycles. The van der Waals surface area contributed by atoms with E-state index in [0.717, 1.165) is 4.57 Å². The second-order valence-corrected chi connectivity index (χ2v) is 4.14. The monoisotopic (exact) mass is 238 g/mol. The number of fused-ring (bicyclic) bond motifs is 1. The van der Waals surface area contributed by atoms with Gasteiger partial charge in [0, 0.05) is 20.5 Å². The fraction of sp³-hybridized carbons (Fsp3) is 0.500. The lowest BCUT2D eigenvalue weighted by Gasteiger charge is -2.00. The largest absolute Gasteiger partial charge is 0.393 e. The Morgan fingerprint density at radius 1 is 1.35 bits per heavy atom. The van der Waals surface area contributed by atoms with Crippen molar-refractivity contribution >= 4 is 11.2 Å². The van der Waals surface area contributed by atoms with Crippen molar-refractivity contribution in [1.29, 1.82) is 0 Å². The third kappa shape index (κ3) is 1.78. The number of aryl methyl sites for hydroxylation is 1. The molecule has 0 bridgehead atoms. The van der Waals surface area contributed by atoms with Crippen LogP contribution >= 0.6 is 0 Å². The van der Waals surface area contributed by atoms with E-state index in [-0.39, 0.29) is 5.52 Å². The van der Waals surface area contributed by atoms with E-state index in [1.807, 2.05) is 0 Å². The van der Waals surface area contributed by atoms with Crippen LogP contribution in [0.4, 0.5) is 0 Å². The van der Waals surface area contributed by atoms with Crippen molar-refractivity contribution in [3.63, 3.8) is 0 Å². The first kappa shape index (κ1) is 11.6. The Hall–Kier alpha value is -1.89. The topological polar surface area (TPSA) is 92.9 Å². The molecule has 2 heterocycles. The Morgan fingerprint density at radius 2 is 2.00 bits per heavy atom. The SMILES string of the molecule is CC(O)Cc1nc2c([nH]1)c(=O)n(C)c(=O)n2C. The van der Waals surface area contributed by atoms with Gasteiger partial charge >= 0.3 is 5.69 Å². The molecule has 0 spiro atoms. The van der Waals surface area contributed by atoms with Crippen molar-refractivity contribution in [3.05, 3.63) is 26.7 Å². The molecule has 0 amide bonds. The number of nitrogens with one attached hydrogen (secondary N) is 1. The van der Waals surface area contributed by atoms with Gasteiger partial charge in [0.15, 0.2) is 5.65 Å². The van der Waals surface area contributed by atoms with Gasteiger partial charge in [-0.2, -0.15) is 0 Å². The summed E-state index contributed by atoms with van der Waals surface area (Å²) in [7, 11) is 2.97. The van der Waals surface area contributed by atoms with Crippen LogP contribution in [0.25, 0.3) is 11.2 Å². The number of imidazole rings is 1. The highest BCUT2D eigenvalue weighted by Gasteiger charge is 2.13. The number of aliphatic hydroxyl groups excluding tert-OH is 1. The molecule has 0 fully saturated rings. The van der Waals surface area contributed by atoms with Gasteiger partial charge in [-0.1, -0.05) is 0 Å². The Bertz CT molecular complexity index is 677. The molecule has 2 aromatic heterocycles. The van der Waals surface area contributed by atoms with Crippen LogP contribution < -0.4 is 11.2 Å². The van der Waals surface area contributed by atoms with Crippen LogP contribution in [0.1, 0.15) is 12.7 Å². The van der Waals surface area contributed by atoms with Crippen LogP contribution in [0.15, 0.2) is 9.59 Å². The molecule has 17 heavy (non-hydrogen) atoms. The Morgan fingerprint density at radius 3 is 2.59 bits per heavy atom. The highest BCUT2D eigenvalue weighted by Crippen LogP contribution is 2.05. The lowest BCUT2D eigenvalue weighted by molar-refractivity contribution is 0.193. The van der Waals surface area contributed by atoms with E-state index in [1.165, 1.54) is 11.6 Å². The first-order valence-electron chi connectivity index (χ1n) is 5.24. The molecule has 0 radical (unpaired) electrons. The van der Waals surface area contributed by atoms with E-state index in [9.17, 15) is 14.7 Å². The normalized spacial score (nSPS) is 13.2. The summed E-state index contributed by atoms with van der Waals surface area (Å²) in [5, 5.41) is 9.27. The lowest BCUT2D eigenvalue weighted by Crippen LogP contribution is -2.36. The van der Waals surface area contributed by atoms with Gasteiger partial charge in [-0.05, 0) is 6.92 Å². The molecule has 0 saturated heterocycles. The predicted octanol–water partition coefficient (Wildman–Crippen LogP) is -1.12. The van der Waals surface area contributed by atoms with Gasteiger partial charge in [0.25, 0.3) is 5.56 Å². The summed E-state index contributed by atoms with van der Waals surface area (Å²) in [5.74, 6) is 0.494. The fourth-order valence-electron chi connectivity index (χ4n) is 1.75. The van der Waals surface area contributed by atoms with Crippen LogP contribution in [0, 0.1) is 0 Å². The first-order valence-corrected chi connectivity index (χ1v) is 5.24. The summed E-state index contributed by atoms with van der Waals surface area (Å²) in [6, 6.07) is 0. The molecule has 1 unspecified atom stereocenters. The third-order valence-corrected chi connectivity index (χ3v) is 2.63. The van der Waals surface area contributed by atoms with Gasteiger partial charge in [-0.25, -0.2) is 9.78 Å². The summed E-state index contributed by atoms with van der Waals surface area (Å²) in [6.45, 7) is 1.63. The van der Waals surface area contributed by atoms with Crippen molar-refractivity contribution in [2.24, 2.45) is 14.1 Å². The molecule has 0 aliphatic rings. The Balaban J connectivity index is 2.77. The number of hydrogen-bond donors (Lipinski definition) is 2. The van der Waals surface area contributed by atoms with Crippen molar-refractivity contribution < 1.29 is 5.11 Å². The molecular weight excluding hydrogens is 224 g/mol. The third-order valence-electron chi connectivity index (χ3n) is 2.63. The zero-order valence-corrected chi connectivity index (χ0v) is 9.89. The average Bonchev–Trinajstić information content (AvgIpc) is 2.66. The second-order valence-electron chi connectivity index (χ2n) is 4.14. The number of hydrogen-bond acceptors (Lipinski definition) is 4. The van der Waals surface area contributed by atoms with Crippen molar-refractivity contribution in [1.82, 2.24) is 19.1 Å². The van der Waals surface area contributed by atoms with Crippen LogP contribution in [0.5, 0.6) is 0 Å². The minimum absolute atomic E-state index is 0.283. The maximum atomic E-state index is 11.8. The molecule has 1 atom stereocenters. The second kappa shape index (κ2) is 3.85. The standard InChI is InChI=1S/C10H14N4O3/c1-5(15)4-6-11-7-8(12-6)13(2)10(17)14(3)9(7)16/h5,15H,4H2,1-3H3,(H,11,12). The fourth-order valence-corrected chi connectivity index (χ4v) is 1.75. The van der Waals surface area contributed by atoms with E-state index in [4.69, 9.17) is 0 Å². The van der Waals surface area contributed by atoms with Crippen LogP contribution in [0.2, 0.25) is 0 Å². The van der Waals surface area contributed by atoms with E-state index in [0.29, 0.717) is 17.9 Å². The molecular formula is C10H14N4O3. The average molecular weight is 238 g/mol. The predicted molar refractivity (Wildman–Crippen MR) is 62.0 cm³/mol. The summed E-state index contributed by atoms with van der Waals surface area (Å²) >= 11 is 0. The van der Waals surface area contributed by atoms with E-state index < -0.39 is 17.4 Å². The van der Waals surface area contributed by atoms with Crippen LogP contribution in [0.3, 0.4) is 0 Å². The number of aliphatic hydroxyl groups is 1. The molecule has 7 nitrogen and oxygen atoms in total. The van der Waals surface area contributed by atoms with Crippen molar-refractivity contribution in [2.45, 2.75) is 19.4 Å². The number of H-pyrrole nitrogens is 1. The molecule has 7 heteroatoms. The first-order chi connectivity index (χ1) is 7.91. The lowest BCUT2D eigenvalue weighted by atomic mass is 10.3. The zero-order chi connectivity index (χ0) is 12.7. The van der Waals surface area contributed by atoms with Gasteiger partial charge in [0.05, 0.1) is 6.10 Å². The zero-order valence-electron chi connectivity index (χ0n) is 9.89. The van der Waals surface area contributed by atoms with E-state index >= 15 is 0 Å². The summed E-state index contributed by atoms with van der Waals surface area (Å²) in [5.41, 5.74) is -0.232. The number of rotatable bonds is 2. The van der Waals surface area contributed by atoms with Crippen molar-refractivity contribution in [3.8, 4) is 0 Å². The molecule has 0 aliphatic carbocycles. The smallest absolute Gasteiger partial charge is 0.332 e. The summed E-state index contributed by atoms with van der Waals surface area (Å²) < 4.78 is 2.32. The Kier molecular flexibility index (Phi) is 2.62. The van der Waals surface area contributed by atoms with E-state index in [1.54, 1.807) is 14.0 Å².